The fourth-order valence-electron chi connectivity index (χ4n) is 0.631. The lowest BCUT2D eigenvalue weighted by molar-refractivity contribution is -0.142. The van der Waals surface area contributed by atoms with Gasteiger partial charge in [-0.2, -0.15) is 0 Å². The summed E-state index contributed by atoms with van der Waals surface area (Å²) in [6, 6.07) is 0. The van der Waals surface area contributed by atoms with E-state index in [4.69, 9.17) is 14.6 Å². The molecule has 0 unspecified atom stereocenters. The summed E-state index contributed by atoms with van der Waals surface area (Å²) < 4.78 is 14.6. The molecule has 0 radical (unpaired) electrons. The minimum Gasteiger partial charge on any atom is -0.463 e. The minimum atomic E-state index is -0.305. The van der Waals surface area contributed by atoms with Crippen LogP contribution in [0.5, 0.6) is 0 Å². The summed E-state index contributed by atoms with van der Waals surface area (Å²) in [5.74, 6) is -0.305. The van der Waals surface area contributed by atoms with E-state index in [9.17, 15) is 4.79 Å². The molecule has 0 saturated heterocycles. The molecule has 0 rings (SSSR count). The second-order valence-electron chi connectivity index (χ2n) is 3.29. The monoisotopic (exact) mass is 250 g/mol. The van der Waals surface area contributed by atoms with Gasteiger partial charge in [0, 0.05) is 6.92 Å². The number of rotatable bonds is 9. The predicted octanol–water partition coefficient (Wildman–Crippen LogP) is 1.38. The summed E-state index contributed by atoms with van der Waals surface area (Å²) in [7, 11) is 0. The Balaban J connectivity index is 0. The molecule has 0 aliphatic heterocycles. The van der Waals surface area contributed by atoms with Crippen molar-refractivity contribution < 1.29 is 24.1 Å². The van der Waals surface area contributed by atoms with Gasteiger partial charge in [0.05, 0.1) is 33.0 Å². The lowest BCUT2D eigenvalue weighted by atomic mass is 10.4. The van der Waals surface area contributed by atoms with Crippen molar-refractivity contribution in [2.75, 3.05) is 39.6 Å². The van der Waals surface area contributed by atoms with Gasteiger partial charge in [0.2, 0.25) is 0 Å². The van der Waals surface area contributed by atoms with Crippen LogP contribution in [-0.2, 0) is 19.0 Å². The van der Waals surface area contributed by atoms with E-state index in [1.165, 1.54) is 19.8 Å². The molecule has 5 nitrogen and oxygen atoms in total. The molecule has 0 aromatic heterocycles. The highest BCUT2D eigenvalue weighted by Crippen LogP contribution is 1.81. The highest BCUT2D eigenvalue weighted by atomic mass is 16.6. The van der Waals surface area contributed by atoms with E-state index in [-0.39, 0.29) is 19.2 Å². The molecule has 17 heavy (non-hydrogen) atoms. The summed E-state index contributed by atoms with van der Waals surface area (Å²) >= 11 is 0. The van der Waals surface area contributed by atoms with Crippen LogP contribution in [0.4, 0.5) is 0 Å². The topological polar surface area (TPSA) is 65.0 Å². The molecule has 0 heterocycles. The highest BCUT2D eigenvalue weighted by molar-refractivity contribution is 5.65. The van der Waals surface area contributed by atoms with Gasteiger partial charge >= 0.3 is 5.97 Å². The average molecular weight is 250 g/mol. The Kier molecular flexibility index (Phi) is 19.5. The predicted molar refractivity (Wildman–Crippen MR) is 65.9 cm³/mol. The van der Waals surface area contributed by atoms with Crippen LogP contribution in [0.3, 0.4) is 0 Å². The van der Waals surface area contributed by atoms with E-state index >= 15 is 0 Å². The number of unbranched alkanes of at least 4 members (excludes halogenated alkanes) is 1. The molecule has 0 fully saturated rings. The number of aliphatic hydroxyl groups is 1. The van der Waals surface area contributed by atoms with Crippen molar-refractivity contribution in [1.29, 1.82) is 0 Å². The van der Waals surface area contributed by atoms with Crippen molar-refractivity contribution in [1.82, 2.24) is 0 Å². The van der Waals surface area contributed by atoms with Gasteiger partial charge in [-0.25, -0.2) is 0 Å². The zero-order chi connectivity index (χ0) is 13.4. The van der Waals surface area contributed by atoms with E-state index in [2.05, 4.69) is 18.6 Å². The molecule has 0 atom stereocenters. The first-order valence-electron chi connectivity index (χ1n) is 6.08. The first kappa shape index (κ1) is 18.7. The number of esters is 1. The van der Waals surface area contributed by atoms with Gasteiger partial charge < -0.3 is 19.3 Å². The Morgan fingerprint density at radius 2 is 1.41 bits per heavy atom. The molecule has 0 aromatic rings. The molecule has 0 aliphatic carbocycles. The number of carbonyl (C=O) groups excluding carboxylic acids is 1. The van der Waals surface area contributed by atoms with Crippen LogP contribution in [0.1, 0.15) is 33.6 Å². The largest absolute Gasteiger partial charge is 0.463 e. The fourth-order valence-corrected chi connectivity index (χ4v) is 0.631. The Labute approximate surface area is 104 Å². The van der Waals surface area contributed by atoms with Gasteiger partial charge in [0.1, 0.15) is 6.61 Å². The second-order valence-corrected chi connectivity index (χ2v) is 3.29. The van der Waals surface area contributed by atoms with Crippen molar-refractivity contribution in [2.45, 2.75) is 33.6 Å². The summed E-state index contributed by atoms with van der Waals surface area (Å²) in [5, 5.41) is 8.34. The van der Waals surface area contributed by atoms with E-state index in [1.54, 1.807) is 0 Å². The molecular weight excluding hydrogens is 224 g/mol. The van der Waals surface area contributed by atoms with Crippen molar-refractivity contribution >= 4 is 5.97 Å². The maximum Gasteiger partial charge on any atom is 0.302 e. The van der Waals surface area contributed by atoms with Crippen LogP contribution in [0.2, 0.25) is 0 Å². The van der Waals surface area contributed by atoms with E-state index in [0.717, 1.165) is 0 Å². The Bertz CT molecular complexity index is 148. The van der Waals surface area contributed by atoms with E-state index < -0.39 is 0 Å². The maximum atomic E-state index is 10.3. The van der Waals surface area contributed by atoms with Gasteiger partial charge in [-0.15, -0.1) is 0 Å². The van der Waals surface area contributed by atoms with Crippen LogP contribution in [0.15, 0.2) is 0 Å². The van der Waals surface area contributed by atoms with Gasteiger partial charge in [0.15, 0.2) is 0 Å². The number of hydrogen-bond acceptors (Lipinski definition) is 5. The number of hydrogen-bond donors (Lipinski definition) is 1. The Hall–Kier alpha value is -0.650. The average Bonchev–Trinajstić information content (AvgIpc) is 2.32. The van der Waals surface area contributed by atoms with Gasteiger partial charge in [-0.1, -0.05) is 26.7 Å². The molecule has 0 saturated carbocycles. The molecular formula is C12H26O5. The molecule has 1 N–H and O–H groups in total. The molecule has 104 valence electrons. The lowest BCUT2D eigenvalue weighted by Gasteiger charge is -2.04. The van der Waals surface area contributed by atoms with Crippen molar-refractivity contribution in [3.05, 3.63) is 0 Å². The SMILES string of the molecule is CC(=O)OCCOCCOCCO.CCCC. The van der Waals surface area contributed by atoms with Crippen LogP contribution in [0.25, 0.3) is 0 Å². The van der Waals surface area contributed by atoms with Crippen molar-refractivity contribution in [3.63, 3.8) is 0 Å². The molecule has 0 aromatic carbocycles. The first-order chi connectivity index (χ1) is 8.18. The molecule has 5 heteroatoms. The van der Waals surface area contributed by atoms with Gasteiger partial charge in [-0.05, 0) is 0 Å². The summed E-state index contributed by atoms with van der Waals surface area (Å²) in [6.07, 6.45) is 2.64. The third kappa shape index (κ3) is 25.5. The highest BCUT2D eigenvalue weighted by Gasteiger charge is 1.92. The van der Waals surface area contributed by atoms with Crippen molar-refractivity contribution in [3.8, 4) is 0 Å². The van der Waals surface area contributed by atoms with Gasteiger partial charge in [0.25, 0.3) is 0 Å². The lowest BCUT2D eigenvalue weighted by Crippen LogP contribution is -2.12. The fraction of sp³-hybridized carbons (Fsp3) is 0.917. The zero-order valence-electron chi connectivity index (χ0n) is 11.2. The number of aliphatic hydroxyl groups excluding tert-OH is 1. The molecule has 0 spiro atoms. The second kappa shape index (κ2) is 17.7. The standard InChI is InChI=1S/C8H16O5.C4H10/c1-8(10)13-7-6-12-5-4-11-3-2-9;1-3-4-2/h9H,2-7H2,1H3;3-4H2,1-2H3. The summed E-state index contributed by atoms with van der Waals surface area (Å²) in [5.41, 5.74) is 0. The van der Waals surface area contributed by atoms with Gasteiger partial charge in [-0.3, -0.25) is 4.79 Å². The van der Waals surface area contributed by atoms with Crippen molar-refractivity contribution in [2.24, 2.45) is 0 Å². The third-order valence-corrected chi connectivity index (χ3v) is 1.64. The minimum absolute atomic E-state index is 0.0213. The van der Waals surface area contributed by atoms with Crippen LogP contribution in [-0.4, -0.2) is 50.7 Å². The van der Waals surface area contributed by atoms with E-state index in [0.29, 0.717) is 26.4 Å². The van der Waals surface area contributed by atoms with Crippen LogP contribution >= 0.6 is 0 Å². The summed E-state index contributed by atoms with van der Waals surface area (Å²) in [6.45, 7) is 7.60. The third-order valence-electron chi connectivity index (χ3n) is 1.64. The first-order valence-corrected chi connectivity index (χ1v) is 6.08. The number of ether oxygens (including phenoxy) is 3. The molecule has 0 bridgehead atoms. The maximum absolute atomic E-state index is 10.3. The summed E-state index contributed by atoms with van der Waals surface area (Å²) in [4.78, 5) is 10.3. The Morgan fingerprint density at radius 1 is 0.941 bits per heavy atom. The molecule has 0 amide bonds. The van der Waals surface area contributed by atoms with Crippen LogP contribution < -0.4 is 0 Å². The smallest absolute Gasteiger partial charge is 0.302 e. The number of carbonyl (C=O) groups is 1. The van der Waals surface area contributed by atoms with Crippen LogP contribution in [0, 0.1) is 0 Å². The van der Waals surface area contributed by atoms with E-state index in [1.807, 2.05) is 0 Å². The molecule has 0 aliphatic rings. The quantitative estimate of drug-likeness (QED) is 0.495. The zero-order valence-corrected chi connectivity index (χ0v) is 11.2. The normalized spacial score (nSPS) is 9.41. The Morgan fingerprint density at radius 3 is 1.82 bits per heavy atom.